The maximum absolute atomic E-state index is 11.9. The van der Waals surface area contributed by atoms with E-state index < -0.39 is 5.97 Å². The van der Waals surface area contributed by atoms with E-state index in [0.29, 0.717) is 25.7 Å². The van der Waals surface area contributed by atoms with E-state index in [9.17, 15) is 9.59 Å². The Bertz CT molecular complexity index is 745. The highest BCUT2D eigenvalue weighted by atomic mass is 35.5. The van der Waals surface area contributed by atoms with Gasteiger partial charge in [0, 0.05) is 5.02 Å². The number of carbonyl (C=O) groups is 2. The average molecular weight is 374 g/mol. The van der Waals surface area contributed by atoms with Crippen molar-refractivity contribution in [1.29, 1.82) is 0 Å². The molecule has 0 unspecified atom stereocenters. The number of hydrogen-bond acceptors (Lipinski definition) is 5. The van der Waals surface area contributed by atoms with Crippen LogP contribution in [0.4, 0.5) is 5.00 Å². The summed E-state index contributed by atoms with van der Waals surface area (Å²) in [6, 6.07) is 6.43. The highest BCUT2D eigenvalue weighted by Gasteiger charge is 2.15. The van der Waals surface area contributed by atoms with Gasteiger partial charge in [-0.3, -0.25) is 4.79 Å². The molecule has 0 aliphatic rings. The molecule has 0 aliphatic heterocycles. The summed E-state index contributed by atoms with van der Waals surface area (Å²) >= 11 is 12.9. The number of amides is 1. The number of methoxy groups -OCH3 is 1. The second-order valence-corrected chi connectivity index (χ2v) is 6.42. The lowest BCUT2D eigenvalue weighted by Crippen LogP contribution is -2.19. The third kappa shape index (κ3) is 4.60. The van der Waals surface area contributed by atoms with Gasteiger partial charge in [0.2, 0.25) is 0 Å². The minimum Gasteiger partial charge on any atom is -0.482 e. The van der Waals surface area contributed by atoms with Crippen molar-refractivity contribution in [2.24, 2.45) is 0 Å². The molecule has 1 amide bonds. The van der Waals surface area contributed by atoms with Gasteiger partial charge in [-0.1, -0.05) is 23.2 Å². The van der Waals surface area contributed by atoms with E-state index in [-0.39, 0.29) is 12.5 Å². The SMILES string of the molecule is COC(=O)c1sc(NC(=O)COc2ccc(Cl)cc2Cl)cc1C. The number of benzene rings is 1. The Morgan fingerprint density at radius 2 is 2.00 bits per heavy atom. The topological polar surface area (TPSA) is 64.6 Å². The van der Waals surface area contributed by atoms with Crippen LogP contribution in [-0.4, -0.2) is 25.6 Å². The van der Waals surface area contributed by atoms with Gasteiger partial charge in [-0.05, 0) is 36.8 Å². The number of anilines is 1. The quantitative estimate of drug-likeness (QED) is 0.798. The highest BCUT2D eigenvalue weighted by Crippen LogP contribution is 2.28. The summed E-state index contributed by atoms with van der Waals surface area (Å²) in [7, 11) is 1.31. The Balaban J connectivity index is 1.96. The Hall–Kier alpha value is -1.76. The molecule has 0 radical (unpaired) electrons. The molecule has 122 valence electrons. The van der Waals surface area contributed by atoms with Crippen molar-refractivity contribution >= 4 is 51.4 Å². The van der Waals surface area contributed by atoms with E-state index in [2.05, 4.69) is 10.1 Å². The number of nitrogens with one attached hydrogen (secondary N) is 1. The molecule has 0 saturated heterocycles. The standard InChI is InChI=1S/C15H13Cl2NO4S/c1-8-5-13(23-14(8)15(20)21-2)18-12(19)7-22-11-4-3-9(16)6-10(11)17/h3-6H,7H2,1-2H3,(H,18,19). The summed E-state index contributed by atoms with van der Waals surface area (Å²) in [6.07, 6.45) is 0. The van der Waals surface area contributed by atoms with E-state index in [4.69, 9.17) is 27.9 Å². The van der Waals surface area contributed by atoms with Gasteiger partial charge in [0.05, 0.1) is 17.1 Å². The van der Waals surface area contributed by atoms with Crippen LogP contribution in [0.2, 0.25) is 10.0 Å². The number of halogens is 2. The van der Waals surface area contributed by atoms with Crippen LogP contribution < -0.4 is 10.1 Å². The summed E-state index contributed by atoms with van der Waals surface area (Å²) < 4.78 is 10.0. The predicted octanol–water partition coefficient (Wildman–Crippen LogP) is 4.17. The minimum atomic E-state index is -0.433. The molecule has 2 aromatic rings. The molecule has 0 aliphatic carbocycles. The highest BCUT2D eigenvalue weighted by molar-refractivity contribution is 7.18. The lowest BCUT2D eigenvalue weighted by Gasteiger charge is -2.08. The number of carbonyl (C=O) groups excluding carboxylic acids is 2. The van der Waals surface area contributed by atoms with E-state index in [1.807, 2.05) is 0 Å². The van der Waals surface area contributed by atoms with Crippen LogP contribution in [0.3, 0.4) is 0 Å². The molecule has 0 atom stereocenters. The van der Waals surface area contributed by atoms with Crippen LogP contribution in [0, 0.1) is 6.92 Å². The third-order valence-corrected chi connectivity index (χ3v) is 4.47. The van der Waals surface area contributed by atoms with Crippen LogP contribution in [0.1, 0.15) is 15.2 Å². The fourth-order valence-electron chi connectivity index (χ4n) is 1.75. The molecule has 8 heteroatoms. The van der Waals surface area contributed by atoms with Crippen LogP contribution in [0.25, 0.3) is 0 Å². The van der Waals surface area contributed by atoms with Crippen molar-refractivity contribution in [3.63, 3.8) is 0 Å². The van der Waals surface area contributed by atoms with Crippen LogP contribution in [-0.2, 0) is 9.53 Å². The maximum atomic E-state index is 11.9. The fraction of sp³-hybridized carbons (Fsp3) is 0.200. The lowest BCUT2D eigenvalue weighted by molar-refractivity contribution is -0.118. The molecule has 1 aromatic carbocycles. The fourth-order valence-corrected chi connectivity index (χ4v) is 3.22. The van der Waals surface area contributed by atoms with Crippen molar-refractivity contribution in [1.82, 2.24) is 0 Å². The van der Waals surface area contributed by atoms with E-state index in [0.717, 1.165) is 16.9 Å². The van der Waals surface area contributed by atoms with Crippen LogP contribution in [0.5, 0.6) is 5.75 Å². The van der Waals surface area contributed by atoms with E-state index in [1.165, 1.54) is 13.2 Å². The summed E-state index contributed by atoms with van der Waals surface area (Å²) in [5, 5.41) is 4.01. The average Bonchev–Trinajstić information content (AvgIpc) is 2.86. The zero-order valence-electron chi connectivity index (χ0n) is 12.3. The molecule has 23 heavy (non-hydrogen) atoms. The molecule has 1 heterocycles. The predicted molar refractivity (Wildman–Crippen MR) is 91.0 cm³/mol. The molecular formula is C15H13Cl2NO4S. The van der Waals surface area contributed by atoms with E-state index in [1.54, 1.807) is 25.1 Å². The molecule has 0 fully saturated rings. The number of esters is 1. The molecule has 2 rings (SSSR count). The number of ether oxygens (including phenoxy) is 2. The summed E-state index contributed by atoms with van der Waals surface area (Å²) in [6.45, 7) is 1.55. The van der Waals surface area contributed by atoms with Gasteiger partial charge in [0.25, 0.3) is 5.91 Å². The number of rotatable bonds is 5. The van der Waals surface area contributed by atoms with Crippen molar-refractivity contribution in [2.45, 2.75) is 6.92 Å². The Kier molecular flexibility index (Phi) is 5.87. The van der Waals surface area contributed by atoms with Crippen molar-refractivity contribution in [3.05, 3.63) is 44.8 Å². The summed E-state index contributed by atoms with van der Waals surface area (Å²) in [5.41, 5.74) is 0.735. The summed E-state index contributed by atoms with van der Waals surface area (Å²) in [4.78, 5) is 23.9. The molecule has 0 spiro atoms. The first-order chi connectivity index (χ1) is 10.9. The Morgan fingerprint density at radius 3 is 2.65 bits per heavy atom. The lowest BCUT2D eigenvalue weighted by atomic mass is 10.3. The van der Waals surface area contributed by atoms with Gasteiger partial charge in [0.15, 0.2) is 6.61 Å². The van der Waals surface area contributed by atoms with Crippen molar-refractivity contribution in [3.8, 4) is 5.75 Å². The number of thiophene rings is 1. The number of aryl methyl sites for hydroxylation is 1. The molecule has 0 bridgehead atoms. The first-order valence-electron chi connectivity index (χ1n) is 6.47. The van der Waals surface area contributed by atoms with E-state index >= 15 is 0 Å². The zero-order chi connectivity index (χ0) is 17.0. The summed E-state index contributed by atoms with van der Waals surface area (Å²) in [5.74, 6) is -0.435. The van der Waals surface area contributed by atoms with Gasteiger partial charge in [-0.2, -0.15) is 0 Å². The smallest absolute Gasteiger partial charge is 0.348 e. The van der Waals surface area contributed by atoms with Crippen molar-refractivity contribution in [2.75, 3.05) is 19.0 Å². The zero-order valence-corrected chi connectivity index (χ0v) is 14.6. The number of hydrogen-bond donors (Lipinski definition) is 1. The Morgan fingerprint density at radius 1 is 1.26 bits per heavy atom. The first kappa shape index (κ1) is 17.6. The second-order valence-electron chi connectivity index (χ2n) is 4.53. The van der Waals surface area contributed by atoms with Crippen molar-refractivity contribution < 1.29 is 19.1 Å². The van der Waals surface area contributed by atoms with Gasteiger partial charge in [0.1, 0.15) is 10.6 Å². The van der Waals surface area contributed by atoms with Gasteiger partial charge in [-0.15, -0.1) is 11.3 Å². The van der Waals surface area contributed by atoms with Crippen LogP contribution in [0.15, 0.2) is 24.3 Å². The minimum absolute atomic E-state index is 0.216. The third-order valence-electron chi connectivity index (χ3n) is 2.80. The molecule has 1 N–H and O–H groups in total. The van der Waals surface area contributed by atoms with Gasteiger partial charge >= 0.3 is 5.97 Å². The molecule has 5 nitrogen and oxygen atoms in total. The van der Waals surface area contributed by atoms with Gasteiger partial charge < -0.3 is 14.8 Å². The van der Waals surface area contributed by atoms with Gasteiger partial charge in [-0.25, -0.2) is 4.79 Å². The molecule has 1 aromatic heterocycles. The molecular weight excluding hydrogens is 361 g/mol. The second kappa shape index (κ2) is 7.68. The molecule has 0 saturated carbocycles. The van der Waals surface area contributed by atoms with Crippen LogP contribution >= 0.6 is 34.5 Å². The maximum Gasteiger partial charge on any atom is 0.348 e. The largest absolute Gasteiger partial charge is 0.482 e. The monoisotopic (exact) mass is 373 g/mol. The normalized spacial score (nSPS) is 10.3. The Labute approximate surface area is 147 Å². The first-order valence-corrected chi connectivity index (χ1v) is 8.04.